The minimum atomic E-state index is 0.466. The van der Waals surface area contributed by atoms with Crippen molar-refractivity contribution in [2.75, 3.05) is 5.73 Å². The first-order valence-corrected chi connectivity index (χ1v) is 7.54. The molecule has 3 rings (SSSR count). The number of nitrogen functional groups attached to an aromatic ring is 1. The molecule has 0 spiro atoms. The molecule has 106 valence electrons. The third-order valence-electron chi connectivity index (χ3n) is 3.14. The van der Waals surface area contributed by atoms with Gasteiger partial charge in [0, 0.05) is 5.69 Å². The van der Waals surface area contributed by atoms with Crippen molar-refractivity contribution in [1.82, 2.24) is 4.98 Å². The molecule has 0 aliphatic carbocycles. The number of aromatic nitrogens is 1. The average molecular weight is 296 g/mol. The van der Waals surface area contributed by atoms with Gasteiger partial charge < -0.3 is 10.5 Å². The number of hydrogen-bond donors (Lipinski definition) is 1. The Morgan fingerprint density at radius 1 is 1.24 bits per heavy atom. The Morgan fingerprint density at radius 2 is 2.10 bits per heavy atom. The van der Waals surface area contributed by atoms with Gasteiger partial charge in [0.1, 0.15) is 17.4 Å². The molecule has 0 radical (unpaired) electrons. The van der Waals surface area contributed by atoms with E-state index in [1.54, 1.807) is 11.3 Å². The van der Waals surface area contributed by atoms with E-state index in [1.165, 1.54) is 4.70 Å². The zero-order valence-electron chi connectivity index (χ0n) is 11.6. The fourth-order valence-corrected chi connectivity index (χ4v) is 3.06. The fraction of sp³-hybridized carbons (Fsp3) is 0.118. The van der Waals surface area contributed by atoms with Crippen LogP contribution in [0.15, 0.2) is 55.1 Å². The topological polar surface area (TPSA) is 48.1 Å². The Kier molecular flexibility index (Phi) is 3.88. The van der Waals surface area contributed by atoms with Crippen molar-refractivity contribution in [3.63, 3.8) is 0 Å². The van der Waals surface area contributed by atoms with E-state index in [9.17, 15) is 0 Å². The van der Waals surface area contributed by atoms with Crippen LogP contribution in [0.1, 0.15) is 10.6 Å². The molecule has 0 fully saturated rings. The molecular formula is C17H16N2OS. The van der Waals surface area contributed by atoms with E-state index in [0.717, 1.165) is 33.9 Å². The summed E-state index contributed by atoms with van der Waals surface area (Å²) >= 11 is 1.66. The molecule has 3 nitrogen and oxygen atoms in total. The predicted octanol–water partition coefficient (Wildman–Crippen LogP) is 4.19. The van der Waals surface area contributed by atoms with Crippen molar-refractivity contribution in [1.29, 1.82) is 0 Å². The van der Waals surface area contributed by atoms with Crippen LogP contribution >= 0.6 is 11.3 Å². The Bertz CT molecular complexity index is 746. The highest BCUT2D eigenvalue weighted by molar-refractivity contribution is 7.18. The number of benzene rings is 2. The number of para-hydroxylation sites is 1. The molecular weight excluding hydrogens is 280 g/mol. The van der Waals surface area contributed by atoms with Gasteiger partial charge in [-0.05, 0) is 42.3 Å². The zero-order valence-corrected chi connectivity index (χ0v) is 12.4. The van der Waals surface area contributed by atoms with Crippen molar-refractivity contribution >= 4 is 27.2 Å². The van der Waals surface area contributed by atoms with Crippen LogP contribution in [0.4, 0.5) is 5.69 Å². The van der Waals surface area contributed by atoms with Crippen LogP contribution in [-0.2, 0) is 13.0 Å². The summed E-state index contributed by atoms with van der Waals surface area (Å²) in [4.78, 5) is 4.57. The van der Waals surface area contributed by atoms with Crippen LogP contribution < -0.4 is 10.5 Å². The lowest BCUT2D eigenvalue weighted by Gasteiger charge is -2.10. The van der Waals surface area contributed by atoms with Crippen LogP contribution in [0.5, 0.6) is 5.75 Å². The highest BCUT2D eigenvalue weighted by Gasteiger charge is 2.07. The smallest absolute Gasteiger partial charge is 0.140 e. The maximum Gasteiger partial charge on any atom is 0.140 e. The second-order valence-electron chi connectivity index (χ2n) is 4.72. The largest absolute Gasteiger partial charge is 0.486 e. The molecule has 0 bridgehead atoms. The third-order valence-corrected chi connectivity index (χ3v) is 4.15. The fourth-order valence-electron chi connectivity index (χ4n) is 2.18. The van der Waals surface area contributed by atoms with Gasteiger partial charge in [-0.25, -0.2) is 4.98 Å². The van der Waals surface area contributed by atoms with Gasteiger partial charge in [0.25, 0.3) is 0 Å². The molecule has 0 aliphatic rings. The van der Waals surface area contributed by atoms with Crippen LogP contribution in [0.3, 0.4) is 0 Å². The molecule has 0 saturated carbocycles. The van der Waals surface area contributed by atoms with E-state index >= 15 is 0 Å². The Morgan fingerprint density at radius 3 is 2.90 bits per heavy atom. The summed E-state index contributed by atoms with van der Waals surface area (Å²) < 4.78 is 7.09. The lowest BCUT2D eigenvalue weighted by atomic mass is 10.1. The molecule has 21 heavy (non-hydrogen) atoms. The molecule has 0 aliphatic heterocycles. The normalized spacial score (nSPS) is 10.7. The summed E-state index contributed by atoms with van der Waals surface area (Å²) in [6.07, 6.45) is 2.58. The van der Waals surface area contributed by atoms with Gasteiger partial charge >= 0.3 is 0 Å². The Balaban J connectivity index is 1.79. The number of anilines is 1. The quantitative estimate of drug-likeness (QED) is 0.567. The van der Waals surface area contributed by atoms with E-state index in [2.05, 4.69) is 17.6 Å². The molecule has 0 saturated heterocycles. The first kappa shape index (κ1) is 13.6. The van der Waals surface area contributed by atoms with Gasteiger partial charge in [-0.2, -0.15) is 0 Å². The molecule has 2 aromatic carbocycles. The van der Waals surface area contributed by atoms with Gasteiger partial charge in [0.15, 0.2) is 0 Å². The molecule has 1 aromatic heterocycles. The average Bonchev–Trinajstić information content (AvgIpc) is 2.89. The molecule has 0 amide bonds. The summed E-state index contributed by atoms with van der Waals surface area (Å²) in [5, 5.41) is 0.970. The summed E-state index contributed by atoms with van der Waals surface area (Å²) in [6.45, 7) is 4.23. The number of ether oxygens (including phenoxy) is 1. The molecule has 3 aromatic rings. The molecule has 0 unspecified atom stereocenters. The standard InChI is InChI=1S/C17H16N2OS/c1-2-5-12-10-13(18)8-9-15(12)20-11-17-19-14-6-3-4-7-16(14)21-17/h2-4,6-10H,1,5,11,18H2. The van der Waals surface area contributed by atoms with Gasteiger partial charge in [0.05, 0.1) is 10.2 Å². The van der Waals surface area contributed by atoms with Crippen molar-refractivity contribution in [2.24, 2.45) is 0 Å². The second-order valence-corrected chi connectivity index (χ2v) is 5.84. The van der Waals surface area contributed by atoms with E-state index in [-0.39, 0.29) is 0 Å². The van der Waals surface area contributed by atoms with E-state index in [0.29, 0.717) is 6.61 Å². The molecule has 2 N–H and O–H groups in total. The molecule has 4 heteroatoms. The zero-order chi connectivity index (χ0) is 14.7. The van der Waals surface area contributed by atoms with Gasteiger partial charge in [-0.15, -0.1) is 17.9 Å². The SMILES string of the molecule is C=CCc1cc(N)ccc1OCc1nc2ccccc2s1. The summed E-state index contributed by atoms with van der Waals surface area (Å²) in [5.41, 5.74) is 8.62. The Labute approximate surface area is 127 Å². The van der Waals surface area contributed by atoms with Crippen LogP contribution in [0, 0.1) is 0 Å². The molecule has 0 atom stereocenters. The van der Waals surface area contributed by atoms with Crippen molar-refractivity contribution in [3.8, 4) is 5.75 Å². The van der Waals surface area contributed by atoms with Gasteiger partial charge in [0.2, 0.25) is 0 Å². The van der Waals surface area contributed by atoms with Gasteiger partial charge in [-0.3, -0.25) is 0 Å². The van der Waals surface area contributed by atoms with E-state index < -0.39 is 0 Å². The minimum Gasteiger partial charge on any atom is -0.486 e. The first-order valence-electron chi connectivity index (χ1n) is 6.73. The lowest BCUT2D eigenvalue weighted by molar-refractivity contribution is 0.303. The summed E-state index contributed by atoms with van der Waals surface area (Å²) in [6, 6.07) is 13.8. The maximum absolute atomic E-state index is 5.90. The number of thiazole rings is 1. The van der Waals surface area contributed by atoms with E-state index in [4.69, 9.17) is 10.5 Å². The number of fused-ring (bicyclic) bond motifs is 1. The monoisotopic (exact) mass is 296 g/mol. The minimum absolute atomic E-state index is 0.466. The van der Waals surface area contributed by atoms with Crippen LogP contribution in [-0.4, -0.2) is 4.98 Å². The lowest BCUT2D eigenvalue weighted by Crippen LogP contribution is -1.99. The van der Waals surface area contributed by atoms with Crippen LogP contribution in [0.25, 0.3) is 10.2 Å². The number of nitrogens with two attached hydrogens (primary N) is 1. The third kappa shape index (κ3) is 3.06. The Hall–Kier alpha value is -2.33. The van der Waals surface area contributed by atoms with E-state index in [1.807, 2.05) is 42.5 Å². The predicted molar refractivity (Wildman–Crippen MR) is 88.7 cm³/mol. The number of hydrogen-bond acceptors (Lipinski definition) is 4. The number of nitrogens with zero attached hydrogens (tertiary/aromatic N) is 1. The van der Waals surface area contributed by atoms with Crippen molar-refractivity contribution in [2.45, 2.75) is 13.0 Å². The maximum atomic E-state index is 5.90. The molecule has 1 heterocycles. The number of rotatable bonds is 5. The highest BCUT2D eigenvalue weighted by atomic mass is 32.1. The van der Waals surface area contributed by atoms with Crippen LogP contribution in [0.2, 0.25) is 0 Å². The first-order chi connectivity index (χ1) is 10.3. The second kappa shape index (κ2) is 5.97. The van der Waals surface area contributed by atoms with Gasteiger partial charge in [-0.1, -0.05) is 18.2 Å². The van der Waals surface area contributed by atoms with Crippen molar-refractivity contribution < 1.29 is 4.74 Å². The van der Waals surface area contributed by atoms with Crippen molar-refractivity contribution in [3.05, 3.63) is 65.7 Å². The summed E-state index contributed by atoms with van der Waals surface area (Å²) in [5.74, 6) is 0.836. The summed E-state index contributed by atoms with van der Waals surface area (Å²) in [7, 11) is 0. The number of allylic oxidation sites excluding steroid dienone is 1. The highest BCUT2D eigenvalue weighted by Crippen LogP contribution is 2.26.